The number of hydrogen-bond donors (Lipinski definition) is 4. The van der Waals surface area contributed by atoms with Gasteiger partial charge >= 0.3 is 11.9 Å². The van der Waals surface area contributed by atoms with Gasteiger partial charge in [0.15, 0.2) is 0 Å². The van der Waals surface area contributed by atoms with Crippen molar-refractivity contribution in [3.63, 3.8) is 0 Å². The van der Waals surface area contributed by atoms with E-state index in [2.05, 4.69) is 15.5 Å². The van der Waals surface area contributed by atoms with Crippen LogP contribution in [-0.4, -0.2) is 44.3 Å². The Morgan fingerprint density at radius 3 is 2.70 bits per heavy atom. The molecule has 1 aromatic heterocycles. The Balaban J connectivity index is 2.17. The van der Waals surface area contributed by atoms with E-state index in [1.54, 1.807) is 12.3 Å². The van der Waals surface area contributed by atoms with E-state index in [1.807, 2.05) is 0 Å². The Bertz CT molecular complexity index is 679. The third-order valence-corrected chi connectivity index (χ3v) is 2.69. The summed E-state index contributed by atoms with van der Waals surface area (Å²) in [5.41, 5.74) is 0.848. The lowest BCUT2D eigenvalue weighted by atomic mass is 10.1. The molecule has 8 nitrogen and oxygen atoms in total. The molecule has 0 bridgehead atoms. The lowest BCUT2D eigenvalue weighted by Crippen LogP contribution is -2.42. The van der Waals surface area contributed by atoms with Crippen LogP contribution in [0.5, 0.6) is 0 Å². The standard InChI is InChI=1S/C12H11N3O5/c16-10(17)4-9(12(19)20)14-11(18)6-1-2-7-5-13-15-8(7)3-6/h1-3,5,9H,4H2,(H,13,15)(H,14,18)(H,16,17)(H,19,20)/t9-/m0/s1. The largest absolute Gasteiger partial charge is 0.481 e. The van der Waals surface area contributed by atoms with Crippen molar-refractivity contribution < 1.29 is 24.6 Å². The van der Waals surface area contributed by atoms with Gasteiger partial charge in [-0.2, -0.15) is 5.10 Å². The highest BCUT2D eigenvalue weighted by atomic mass is 16.4. The highest BCUT2D eigenvalue weighted by Crippen LogP contribution is 2.13. The number of carbonyl (C=O) groups is 3. The van der Waals surface area contributed by atoms with Gasteiger partial charge in [-0.25, -0.2) is 4.79 Å². The molecule has 1 aromatic carbocycles. The summed E-state index contributed by atoms with van der Waals surface area (Å²) in [6.07, 6.45) is 0.898. The predicted octanol–water partition coefficient (Wildman–Crippen LogP) is 0.221. The van der Waals surface area contributed by atoms with Crippen molar-refractivity contribution in [1.82, 2.24) is 15.5 Å². The first-order chi connectivity index (χ1) is 9.47. The van der Waals surface area contributed by atoms with E-state index >= 15 is 0 Å². The average Bonchev–Trinajstić information content (AvgIpc) is 2.84. The number of nitrogens with zero attached hydrogens (tertiary/aromatic N) is 1. The van der Waals surface area contributed by atoms with Crippen LogP contribution in [0.3, 0.4) is 0 Å². The van der Waals surface area contributed by atoms with Crippen LogP contribution in [0.1, 0.15) is 16.8 Å². The summed E-state index contributed by atoms with van der Waals surface area (Å²) in [4.78, 5) is 33.3. The van der Waals surface area contributed by atoms with Crippen LogP contribution < -0.4 is 5.32 Å². The van der Waals surface area contributed by atoms with Gasteiger partial charge in [-0.3, -0.25) is 14.7 Å². The molecule has 0 aliphatic rings. The van der Waals surface area contributed by atoms with Gasteiger partial charge in [0.25, 0.3) is 5.91 Å². The van der Waals surface area contributed by atoms with E-state index < -0.39 is 30.3 Å². The van der Waals surface area contributed by atoms with Crippen molar-refractivity contribution in [3.05, 3.63) is 30.0 Å². The van der Waals surface area contributed by atoms with E-state index in [9.17, 15) is 14.4 Å². The number of aromatic amines is 1. The van der Waals surface area contributed by atoms with Crippen molar-refractivity contribution in [2.75, 3.05) is 0 Å². The topological polar surface area (TPSA) is 132 Å². The third kappa shape index (κ3) is 2.91. The molecule has 0 saturated heterocycles. The van der Waals surface area contributed by atoms with Gasteiger partial charge in [-0.1, -0.05) is 6.07 Å². The van der Waals surface area contributed by atoms with Crippen molar-refractivity contribution >= 4 is 28.7 Å². The number of amides is 1. The molecule has 0 saturated carbocycles. The Morgan fingerprint density at radius 1 is 1.30 bits per heavy atom. The molecule has 0 aliphatic carbocycles. The maximum atomic E-state index is 11.9. The molecule has 2 aromatic rings. The molecule has 2 rings (SSSR count). The molecule has 1 atom stereocenters. The molecule has 4 N–H and O–H groups in total. The summed E-state index contributed by atoms with van der Waals surface area (Å²) < 4.78 is 0. The normalized spacial score (nSPS) is 12.0. The number of carboxylic acid groups (broad SMARTS) is 2. The number of carbonyl (C=O) groups excluding carboxylic acids is 1. The number of nitrogens with one attached hydrogen (secondary N) is 2. The molecule has 0 fully saturated rings. The summed E-state index contributed by atoms with van der Waals surface area (Å²) in [6.45, 7) is 0. The molecular weight excluding hydrogens is 266 g/mol. The molecule has 0 aliphatic heterocycles. The monoisotopic (exact) mass is 277 g/mol. The Labute approximate surface area is 112 Å². The van der Waals surface area contributed by atoms with Gasteiger partial charge in [0.05, 0.1) is 18.1 Å². The van der Waals surface area contributed by atoms with Crippen molar-refractivity contribution in [2.45, 2.75) is 12.5 Å². The molecule has 0 radical (unpaired) electrons. The molecule has 0 unspecified atom stereocenters. The number of H-pyrrole nitrogens is 1. The molecule has 1 amide bonds. The fraction of sp³-hybridized carbons (Fsp3) is 0.167. The van der Waals surface area contributed by atoms with Crippen LogP contribution in [0.4, 0.5) is 0 Å². The average molecular weight is 277 g/mol. The van der Waals surface area contributed by atoms with Crippen LogP contribution >= 0.6 is 0 Å². The lowest BCUT2D eigenvalue weighted by Gasteiger charge is -2.12. The van der Waals surface area contributed by atoms with Gasteiger partial charge in [-0.15, -0.1) is 0 Å². The highest BCUT2D eigenvalue weighted by Gasteiger charge is 2.23. The second-order valence-corrected chi connectivity index (χ2v) is 4.13. The molecule has 0 spiro atoms. The second-order valence-electron chi connectivity index (χ2n) is 4.13. The molecule has 20 heavy (non-hydrogen) atoms. The number of aromatic nitrogens is 2. The van der Waals surface area contributed by atoms with Crippen molar-refractivity contribution in [3.8, 4) is 0 Å². The fourth-order valence-electron chi connectivity index (χ4n) is 1.69. The van der Waals surface area contributed by atoms with Crippen molar-refractivity contribution in [1.29, 1.82) is 0 Å². The zero-order chi connectivity index (χ0) is 14.7. The quantitative estimate of drug-likeness (QED) is 0.618. The highest BCUT2D eigenvalue weighted by molar-refractivity contribution is 5.99. The fourth-order valence-corrected chi connectivity index (χ4v) is 1.69. The lowest BCUT2D eigenvalue weighted by molar-refractivity contribution is -0.145. The number of hydrogen-bond acceptors (Lipinski definition) is 4. The van der Waals surface area contributed by atoms with E-state index in [0.717, 1.165) is 5.39 Å². The summed E-state index contributed by atoms with van der Waals surface area (Å²) >= 11 is 0. The van der Waals surface area contributed by atoms with Gasteiger partial charge in [-0.05, 0) is 12.1 Å². The maximum Gasteiger partial charge on any atom is 0.326 e. The Hall–Kier alpha value is -2.90. The van der Waals surface area contributed by atoms with Crippen LogP contribution in [-0.2, 0) is 9.59 Å². The number of rotatable bonds is 5. The van der Waals surface area contributed by atoms with Gasteiger partial charge in [0.1, 0.15) is 6.04 Å². The van der Waals surface area contributed by atoms with E-state index in [1.165, 1.54) is 12.1 Å². The van der Waals surface area contributed by atoms with E-state index in [0.29, 0.717) is 5.52 Å². The Morgan fingerprint density at radius 2 is 2.05 bits per heavy atom. The predicted molar refractivity (Wildman–Crippen MR) is 67.2 cm³/mol. The third-order valence-electron chi connectivity index (χ3n) is 2.69. The van der Waals surface area contributed by atoms with Gasteiger partial charge in [0.2, 0.25) is 0 Å². The van der Waals surface area contributed by atoms with E-state index in [-0.39, 0.29) is 5.56 Å². The minimum Gasteiger partial charge on any atom is -0.481 e. The SMILES string of the molecule is O=C(O)C[C@H](NC(=O)c1ccc2cn[nH]c2c1)C(=O)O. The van der Waals surface area contributed by atoms with Crippen LogP contribution in [0.25, 0.3) is 10.9 Å². The van der Waals surface area contributed by atoms with Crippen LogP contribution in [0.15, 0.2) is 24.4 Å². The van der Waals surface area contributed by atoms with Crippen molar-refractivity contribution in [2.24, 2.45) is 0 Å². The molecular formula is C12H11N3O5. The molecule has 104 valence electrons. The summed E-state index contributed by atoms with van der Waals surface area (Å²) in [7, 11) is 0. The first-order valence-corrected chi connectivity index (χ1v) is 5.66. The first-order valence-electron chi connectivity index (χ1n) is 5.66. The van der Waals surface area contributed by atoms with Gasteiger partial charge < -0.3 is 15.5 Å². The summed E-state index contributed by atoms with van der Waals surface area (Å²) in [5.74, 6) is -3.36. The Kier molecular flexibility index (Phi) is 3.65. The van der Waals surface area contributed by atoms with Crippen LogP contribution in [0, 0.1) is 0 Å². The second kappa shape index (κ2) is 5.39. The maximum absolute atomic E-state index is 11.9. The minimum absolute atomic E-state index is 0.221. The number of carboxylic acids is 2. The number of fused-ring (bicyclic) bond motifs is 1. The van der Waals surface area contributed by atoms with E-state index in [4.69, 9.17) is 10.2 Å². The van der Waals surface area contributed by atoms with Gasteiger partial charge in [0, 0.05) is 10.9 Å². The smallest absolute Gasteiger partial charge is 0.326 e. The number of benzene rings is 1. The number of aliphatic carboxylic acids is 2. The first kappa shape index (κ1) is 13.5. The zero-order valence-corrected chi connectivity index (χ0v) is 10.2. The minimum atomic E-state index is -1.47. The summed E-state index contributed by atoms with van der Waals surface area (Å²) in [6, 6.07) is 3.20. The summed E-state index contributed by atoms with van der Waals surface area (Å²) in [5, 5.41) is 26.9. The zero-order valence-electron chi connectivity index (χ0n) is 10.2. The van der Waals surface area contributed by atoms with Crippen LogP contribution in [0.2, 0.25) is 0 Å². The molecule has 8 heteroatoms. The molecule has 1 heterocycles.